The van der Waals surface area contributed by atoms with Gasteiger partial charge in [0, 0.05) is 19.2 Å². The summed E-state index contributed by atoms with van der Waals surface area (Å²) in [4.78, 5) is 0.208. The SMILES string of the molecule is CCOc1cc(S(=O)(=O)N2C[C@H](C)C[C@@H](C)C2)c(OCC)cc1C. The Labute approximate surface area is 146 Å². The Kier molecular flexibility index (Phi) is 6.15. The number of benzene rings is 1. The van der Waals surface area contributed by atoms with E-state index in [0.29, 0.717) is 49.6 Å². The zero-order valence-corrected chi connectivity index (χ0v) is 16.1. The Bertz CT molecular complexity index is 662. The Morgan fingerprint density at radius 1 is 1.04 bits per heavy atom. The van der Waals surface area contributed by atoms with Crippen LogP contribution in [0.5, 0.6) is 11.5 Å². The summed E-state index contributed by atoms with van der Waals surface area (Å²) in [5.74, 6) is 1.72. The van der Waals surface area contributed by atoms with Crippen molar-refractivity contribution in [2.75, 3.05) is 26.3 Å². The van der Waals surface area contributed by atoms with Crippen LogP contribution >= 0.6 is 0 Å². The maximum atomic E-state index is 13.2. The van der Waals surface area contributed by atoms with Crippen LogP contribution in [0, 0.1) is 18.8 Å². The lowest BCUT2D eigenvalue weighted by molar-refractivity contribution is 0.221. The van der Waals surface area contributed by atoms with Crippen LogP contribution in [0.1, 0.15) is 39.7 Å². The second-order valence-corrected chi connectivity index (χ2v) is 8.60. The topological polar surface area (TPSA) is 55.8 Å². The molecular weight excluding hydrogens is 326 g/mol. The molecule has 0 bridgehead atoms. The lowest BCUT2D eigenvalue weighted by atomic mass is 9.94. The Hall–Kier alpha value is -1.27. The maximum absolute atomic E-state index is 13.2. The molecule has 0 radical (unpaired) electrons. The lowest BCUT2D eigenvalue weighted by Crippen LogP contribution is -2.42. The predicted molar refractivity (Wildman–Crippen MR) is 95.2 cm³/mol. The molecule has 1 aliphatic heterocycles. The Morgan fingerprint density at radius 3 is 2.12 bits per heavy atom. The number of rotatable bonds is 6. The van der Waals surface area contributed by atoms with Crippen molar-refractivity contribution in [3.8, 4) is 11.5 Å². The largest absolute Gasteiger partial charge is 0.494 e. The van der Waals surface area contributed by atoms with Gasteiger partial charge in [0.1, 0.15) is 16.4 Å². The van der Waals surface area contributed by atoms with Gasteiger partial charge < -0.3 is 9.47 Å². The zero-order chi connectivity index (χ0) is 17.9. The van der Waals surface area contributed by atoms with E-state index in [0.717, 1.165) is 12.0 Å². The number of nitrogens with zero attached hydrogens (tertiary/aromatic N) is 1. The van der Waals surface area contributed by atoms with Crippen LogP contribution in [0.3, 0.4) is 0 Å². The molecule has 0 amide bonds. The van der Waals surface area contributed by atoms with E-state index in [-0.39, 0.29) is 4.90 Å². The van der Waals surface area contributed by atoms with Crippen molar-refractivity contribution in [1.82, 2.24) is 4.31 Å². The van der Waals surface area contributed by atoms with E-state index < -0.39 is 10.0 Å². The third-order valence-corrected chi connectivity index (χ3v) is 6.15. The second kappa shape index (κ2) is 7.74. The van der Waals surface area contributed by atoms with Gasteiger partial charge in [-0.25, -0.2) is 8.42 Å². The van der Waals surface area contributed by atoms with Crippen LogP contribution in [0.25, 0.3) is 0 Å². The van der Waals surface area contributed by atoms with Gasteiger partial charge in [-0.3, -0.25) is 0 Å². The first-order chi connectivity index (χ1) is 11.3. The summed E-state index contributed by atoms with van der Waals surface area (Å²) in [7, 11) is -3.61. The molecule has 0 unspecified atom stereocenters. The van der Waals surface area contributed by atoms with E-state index >= 15 is 0 Å². The van der Waals surface area contributed by atoms with Crippen LogP contribution in [0.2, 0.25) is 0 Å². The number of aryl methyl sites for hydroxylation is 1. The van der Waals surface area contributed by atoms with Crippen LogP contribution in [0.4, 0.5) is 0 Å². The summed E-state index contributed by atoms with van der Waals surface area (Å²) in [5, 5.41) is 0. The highest BCUT2D eigenvalue weighted by molar-refractivity contribution is 7.89. The zero-order valence-electron chi connectivity index (χ0n) is 15.3. The molecule has 1 aliphatic rings. The summed E-state index contributed by atoms with van der Waals surface area (Å²) >= 11 is 0. The molecule has 0 N–H and O–H groups in total. The highest BCUT2D eigenvalue weighted by atomic mass is 32.2. The van der Waals surface area contributed by atoms with E-state index in [9.17, 15) is 8.42 Å². The van der Waals surface area contributed by atoms with Crippen molar-refractivity contribution in [3.63, 3.8) is 0 Å². The normalized spacial score (nSPS) is 22.4. The van der Waals surface area contributed by atoms with Crippen molar-refractivity contribution in [2.45, 2.75) is 45.9 Å². The summed E-state index contributed by atoms with van der Waals surface area (Å²) in [6.07, 6.45) is 1.06. The lowest BCUT2D eigenvalue weighted by Gasteiger charge is -2.34. The van der Waals surface area contributed by atoms with E-state index in [1.807, 2.05) is 20.8 Å². The molecule has 2 atom stereocenters. The molecule has 6 heteroatoms. The molecular formula is C18H29NO4S. The molecule has 0 saturated carbocycles. The monoisotopic (exact) mass is 355 g/mol. The number of hydrogen-bond acceptors (Lipinski definition) is 4. The molecule has 0 spiro atoms. The summed E-state index contributed by atoms with van der Waals surface area (Å²) < 4.78 is 39.3. The quantitative estimate of drug-likeness (QED) is 0.784. The Balaban J connectivity index is 2.48. The van der Waals surface area contributed by atoms with Gasteiger partial charge >= 0.3 is 0 Å². The molecule has 24 heavy (non-hydrogen) atoms. The highest BCUT2D eigenvalue weighted by Crippen LogP contribution is 2.35. The molecule has 2 rings (SSSR count). The smallest absolute Gasteiger partial charge is 0.246 e. The van der Waals surface area contributed by atoms with Crippen LogP contribution in [-0.2, 0) is 10.0 Å². The van der Waals surface area contributed by atoms with Gasteiger partial charge in [0.15, 0.2) is 0 Å². The van der Waals surface area contributed by atoms with Crippen molar-refractivity contribution in [2.24, 2.45) is 11.8 Å². The Morgan fingerprint density at radius 2 is 1.58 bits per heavy atom. The number of piperidine rings is 1. The number of ether oxygens (including phenoxy) is 2. The third-order valence-electron chi connectivity index (χ3n) is 4.29. The summed E-state index contributed by atoms with van der Waals surface area (Å²) in [6, 6.07) is 3.38. The first-order valence-corrected chi connectivity index (χ1v) is 10.1. The minimum absolute atomic E-state index is 0.208. The van der Waals surface area contributed by atoms with Gasteiger partial charge in [-0.15, -0.1) is 0 Å². The first kappa shape index (κ1) is 19.1. The van der Waals surface area contributed by atoms with Gasteiger partial charge in [-0.2, -0.15) is 4.31 Å². The average molecular weight is 356 g/mol. The van der Waals surface area contributed by atoms with E-state index in [2.05, 4.69) is 13.8 Å². The van der Waals surface area contributed by atoms with Crippen LogP contribution in [-0.4, -0.2) is 39.0 Å². The molecule has 1 aromatic carbocycles. The van der Waals surface area contributed by atoms with Crippen LogP contribution in [0.15, 0.2) is 17.0 Å². The van der Waals surface area contributed by atoms with Crippen molar-refractivity contribution < 1.29 is 17.9 Å². The van der Waals surface area contributed by atoms with Gasteiger partial charge in [-0.05, 0) is 50.7 Å². The highest BCUT2D eigenvalue weighted by Gasteiger charge is 2.34. The number of sulfonamides is 1. The second-order valence-electron chi connectivity index (χ2n) is 6.70. The molecule has 136 valence electrons. The van der Waals surface area contributed by atoms with E-state index in [4.69, 9.17) is 9.47 Å². The molecule has 1 heterocycles. The van der Waals surface area contributed by atoms with Gasteiger partial charge in [0.25, 0.3) is 0 Å². The predicted octanol–water partition coefficient (Wildman–Crippen LogP) is 3.46. The van der Waals surface area contributed by atoms with Crippen molar-refractivity contribution >= 4 is 10.0 Å². The van der Waals surface area contributed by atoms with Crippen LogP contribution < -0.4 is 9.47 Å². The van der Waals surface area contributed by atoms with Gasteiger partial charge in [-0.1, -0.05) is 13.8 Å². The number of hydrogen-bond donors (Lipinski definition) is 0. The van der Waals surface area contributed by atoms with Crippen molar-refractivity contribution in [3.05, 3.63) is 17.7 Å². The average Bonchev–Trinajstić information content (AvgIpc) is 2.49. The fraction of sp³-hybridized carbons (Fsp3) is 0.667. The minimum Gasteiger partial charge on any atom is -0.494 e. The molecule has 0 aromatic heterocycles. The maximum Gasteiger partial charge on any atom is 0.246 e. The minimum atomic E-state index is -3.61. The fourth-order valence-corrected chi connectivity index (χ4v) is 5.17. The molecule has 0 aliphatic carbocycles. The fourth-order valence-electron chi connectivity index (χ4n) is 3.36. The summed E-state index contributed by atoms with van der Waals surface area (Å²) in [6.45, 7) is 11.9. The van der Waals surface area contributed by atoms with Crippen molar-refractivity contribution in [1.29, 1.82) is 0 Å². The third kappa shape index (κ3) is 4.03. The molecule has 1 fully saturated rings. The standard InChI is InChI=1S/C18H29NO4S/c1-6-22-16-10-18(17(23-7-2)9-15(16)5)24(20,21)19-11-13(3)8-14(4)12-19/h9-10,13-14H,6-8,11-12H2,1-5H3/t13-,14-/m1/s1. The summed E-state index contributed by atoms with van der Waals surface area (Å²) in [5.41, 5.74) is 0.875. The molecule has 1 aromatic rings. The molecule has 1 saturated heterocycles. The van der Waals surface area contributed by atoms with E-state index in [1.54, 1.807) is 16.4 Å². The molecule has 5 nitrogen and oxygen atoms in total. The van der Waals surface area contributed by atoms with Gasteiger partial charge in [0.2, 0.25) is 10.0 Å². The van der Waals surface area contributed by atoms with Gasteiger partial charge in [0.05, 0.1) is 13.2 Å². The first-order valence-electron chi connectivity index (χ1n) is 8.69. The van der Waals surface area contributed by atoms with E-state index in [1.165, 1.54) is 0 Å².